The SMILES string of the molecule is Cc1cccc(OCc2nnc(SC(C)C)n2Cc2ccccc2)c1. The summed E-state index contributed by atoms with van der Waals surface area (Å²) in [4.78, 5) is 0. The van der Waals surface area contributed by atoms with Gasteiger partial charge in [-0.1, -0.05) is 68.1 Å². The average Bonchev–Trinajstić information content (AvgIpc) is 2.95. The molecule has 0 fully saturated rings. The summed E-state index contributed by atoms with van der Waals surface area (Å²) in [6.45, 7) is 7.53. The maximum absolute atomic E-state index is 5.94. The van der Waals surface area contributed by atoms with Gasteiger partial charge in [0, 0.05) is 5.25 Å². The predicted molar refractivity (Wildman–Crippen MR) is 102 cm³/mol. The van der Waals surface area contributed by atoms with Gasteiger partial charge >= 0.3 is 0 Å². The normalized spacial score (nSPS) is 11.0. The van der Waals surface area contributed by atoms with Crippen molar-refractivity contribution >= 4 is 11.8 Å². The molecule has 0 saturated carbocycles. The molecule has 0 amide bonds. The molecular formula is C20H23N3OS. The van der Waals surface area contributed by atoms with Crippen molar-refractivity contribution in [2.24, 2.45) is 0 Å². The Hall–Kier alpha value is -2.27. The molecule has 1 heterocycles. The second-order valence-corrected chi connectivity index (χ2v) is 7.79. The fourth-order valence-corrected chi connectivity index (χ4v) is 3.31. The van der Waals surface area contributed by atoms with E-state index in [-0.39, 0.29) is 0 Å². The Morgan fingerprint density at radius 3 is 2.56 bits per heavy atom. The highest BCUT2D eigenvalue weighted by atomic mass is 32.2. The number of aryl methyl sites for hydroxylation is 1. The number of benzene rings is 2. The van der Waals surface area contributed by atoms with Gasteiger partial charge in [-0.15, -0.1) is 10.2 Å². The van der Waals surface area contributed by atoms with Crippen molar-refractivity contribution in [3.8, 4) is 5.75 Å². The van der Waals surface area contributed by atoms with Gasteiger partial charge in [0.1, 0.15) is 12.4 Å². The number of hydrogen-bond donors (Lipinski definition) is 0. The van der Waals surface area contributed by atoms with Crippen molar-refractivity contribution in [2.75, 3.05) is 0 Å². The first-order valence-corrected chi connectivity index (χ1v) is 9.32. The van der Waals surface area contributed by atoms with Gasteiger partial charge in [-0.2, -0.15) is 0 Å². The number of nitrogens with zero attached hydrogens (tertiary/aromatic N) is 3. The Morgan fingerprint density at radius 1 is 1.04 bits per heavy atom. The fourth-order valence-electron chi connectivity index (χ4n) is 2.50. The van der Waals surface area contributed by atoms with Crippen molar-refractivity contribution in [3.63, 3.8) is 0 Å². The zero-order chi connectivity index (χ0) is 17.6. The van der Waals surface area contributed by atoms with Crippen molar-refractivity contribution in [1.29, 1.82) is 0 Å². The van der Waals surface area contributed by atoms with E-state index in [2.05, 4.69) is 65.9 Å². The third-order valence-corrected chi connectivity index (χ3v) is 4.66. The summed E-state index contributed by atoms with van der Waals surface area (Å²) < 4.78 is 8.09. The summed E-state index contributed by atoms with van der Waals surface area (Å²) in [6.07, 6.45) is 0. The van der Waals surface area contributed by atoms with Gasteiger partial charge in [0.2, 0.25) is 0 Å². The molecule has 5 heteroatoms. The highest BCUT2D eigenvalue weighted by Gasteiger charge is 2.15. The molecule has 0 aliphatic heterocycles. The molecule has 4 nitrogen and oxygen atoms in total. The second kappa shape index (κ2) is 8.21. The van der Waals surface area contributed by atoms with Crippen LogP contribution in [0, 0.1) is 6.92 Å². The molecule has 0 saturated heterocycles. The molecule has 25 heavy (non-hydrogen) atoms. The maximum atomic E-state index is 5.94. The molecule has 3 aromatic rings. The van der Waals surface area contributed by atoms with Crippen molar-refractivity contribution < 1.29 is 4.74 Å². The van der Waals surface area contributed by atoms with Crippen LogP contribution in [0.25, 0.3) is 0 Å². The van der Waals surface area contributed by atoms with Gasteiger partial charge in [0.15, 0.2) is 11.0 Å². The molecule has 0 N–H and O–H groups in total. The first-order chi connectivity index (χ1) is 12.1. The topological polar surface area (TPSA) is 39.9 Å². The summed E-state index contributed by atoms with van der Waals surface area (Å²) >= 11 is 1.72. The van der Waals surface area contributed by atoms with E-state index in [1.54, 1.807) is 11.8 Å². The Morgan fingerprint density at radius 2 is 1.84 bits per heavy atom. The van der Waals surface area contributed by atoms with Crippen LogP contribution < -0.4 is 4.74 Å². The molecule has 0 bridgehead atoms. The molecule has 2 aromatic carbocycles. The molecule has 3 rings (SSSR count). The first kappa shape index (κ1) is 17.5. The van der Waals surface area contributed by atoms with Gasteiger partial charge in [0.25, 0.3) is 0 Å². The first-order valence-electron chi connectivity index (χ1n) is 8.44. The lowest BCUT2D eigenvalue weighted by atomic mass is 10.2. The van der Waals surface area contributed by atoms with Gasteiger partial charge in [0.05, 0.1) is 6.54 Å². The molecule has 0 atom stereocenters. The van der Waals surface area contributed by atoms with Crippen molar-refractivity contribution in [3.05, 3.63) is 71.5 Å². The molecular weight excluding hydrogens is 330 g/mol. The number of hydrogen-bond acceptors (Lipinski definition) is 4. The molecule has 0 spiro atoms. The van der Waals surface area contributed by atoms with Crippen LogP contribution >= 0.6 is 11.8 Å². The smallest absolute Gasteiger partial charge is 0.191 e. The lowest BCUT2D eigenvalue weighted by molar-refractivity contribution is 0.288. The van der Waals surface area contributed by atoms with Crippen molar-refractivity contribution in [2.45, 2.75) is 44.3 Å². The van der Waals surface area contributed by atoms with Gasteiger partial charge < -0.3 is 4.74 Å². The van der Waals surface area contributed by atoms with E-state index in [1.807, 2.05) is 24.3 Å². The van der Waals surface area contributed by atoms with Crippen molar-refractivity contribution in [1.82, 2.24) is 14.8 Å². The Bertz CT molecular complexity index is 815. The van der Waals surface area contributed by atoms with Crippen LogP contribution in [0.4, 0.5) is 0 Å². The third-order valence-electron chi connectivity index (χ3n) is 3.68. The van der Waals surface area contributed by atoms with Gasteiger partial charge in [-0.25, -0.2) is 0 Å². The standard InChI is InChI=1S/C20H23N3OS/c1-15(2)25-20-22-21-19(14-24-18-11-7-8-16(3)12-18)23(20)13-17-9-5-4-6-10-17/h4-12,15H,13-14H2,1-3H3. The van der Waals surface area contributed by atoms with Crippen LogP contribution in [0.5, 0.6) is 5.75 Å². The minimum Gasteiger partial charge on any atom is -0.486 e. The lowest BCUT2D eigenvalue weighted by Gasteiger charge is -2.12. The Balaban J connectivity index is 1.81. The summed E-state index contributed by atoms with van der Waals surface area (Å²) in [5.41, 5.74) is 2.41. The number of aromatic nitrogens is 3. The zero-order valence-corrected chi connectivity index (χ0v) is 15.7. The monoisotopic (exact) mass is 353 g/mol. The van der Waals surface area contributed by atoms with E-state index in [0.29, 0.717) is 11.9 Å². The zero-order valence-electron chi connectivity index (χ0n) is 14.8. The Kier molecular flexibility index (Phi) is 5.76. The van der Waals surface area contributed by atoms with E-state index >= 15 is 0 Å². The summed E-state index contributed by atoms with van der Waals surface area (Å²) in [7, 11) is 0. The van der Waals surface area contributed by atoms with Crippen LogP contribution in [0.15, 0.2) is 59.8 Å². The summed E-state index contributed by atoms with van der Waals surface area (Å²) in [5.74, 6) is 1.70. The van der Waals surface area contributed by atoms with E-state index in [9.17, 15) is 0 Å². The van der Waals surface area contributed by atoms with Crippen LogP contribution in [0.1, 0.15) is 30.8 Å². The summed E-state index contributed by atoms with van der Waals surface area (Å²) in [5, 5.41) is 10.1. The largest absolute Gasteiger partial charge is 0.486 e. The predicted octanol–water partition coefficient (Wildman–Crippen LogP) is 4.71. The fraction of sp³-hybridized carbons (Fsp3) is 0.300. The average molecular weight is 353 g/mol. The minimum absolute atomic E-state index is 0.405. The van der Waals surface area contributed by atoms with Crippen LogP contribution in [-0.2, 0) is 13.2 Å². The molecule has 0 aliphatic carbocycles. The highest BCUT2D eigenvalue weighted by Crippen LogP contribution is 2.23. The number of rotatable bonds is 7. The highest BCUT2D eigenvalue weighted by molar-refractivity contribution is 7.99. The quantitative estimate of drug-likeness (QED) is 0.577. The van der Waals surface area contributed by atoms with Crippen LogP contribution in [0.2, 0.25) is 0 Å². The summed E-state index contributed by atoms with van der Waals surface area (Å²) in [6, 6.07) is 18.4. The molecule has 0 unspecified atom stereocenters. The lowest BCUT2D eigenvalue weighted by Crippen LogP contribution is -2.10. The molecule has 1 aromatic heterocycles. The minimum atomic E-state index is 0.405. The van der Waals surface area contributed by atoms with Crippen LogP contribution in [-0.4, -0.2) is 20.0 Å². The van der Waals surface area contributed by atoms with Crippen LogP contribution in [0.3, 0.4) is 0 Å². The maximum Gasteiger partial charge on any atom is 0.191 e. The molecule has 130 valence electrons. The van der Waals surface area contributed by atoms with E-state index < -0.39 is 0 Å². The van der Waals surface area contributed by atoms with Gasteiger partial charge in [-0.3, -0.25) is 4.57 Å². The molecule has 0 radical (unpaired) electrons. The Labute approximate surface area is 153 Å². The number of thioether (sulfide) groups is 1. The van der Waals surface area contributed by atoms with E-state index in [4.69, 9.17) is 4.74 Å². The third kappa shape index (κ3) is 4.86. The number of ether oxygens (including phenoxy) is 1. The van der Waals surface area contributed by atoms with E-state index in [0.717, 1.165) is 23.3 Å². The van der Waals surface area contributed by atoms with Gasteiger partial charge in [-0.05, 0) is 30.2 Å². The molecule has 0 aliphatic rings. The second-order valence-electron chi connectivity index (χ2n) is 6.24. The van der Waals surface area contributed by atoms with E-state index in [1.165, 1.54) is 11.1 Å².